The maximum atomic E-state index is 13.1. The third-order valence-corrected chi connectivity index (χ3v) is 3.25. The molecule has 0 amide bonds. The van der Waals surface area contributed by atoms with Crippen LogP contribution in [0.3, 0.4) is 0 Å². The Kier molecular flexibility index (Phi) is 4.48. The van der Waals surface area contributed by atoms with Crippen molar-refractivity contribution in [2.24, 2.45) is 5.84 Å². The Hall–Kier alpha value is -0.970. The number of halogens is 1. The fourth-order valence-corrected chi connectivity index (χ4v) is 2.29. The zero-order valence-corrected chi connectivity index (χ0v) is 9.86. The van der Waals surface area contributed by atoms with Crippen molar-refractivity contribution in [1.29, 1.82) is 0 Å². The van der Waals surface area contributed by atoms with Gasteiger partial charge in [-0.15, -0.1) is 0 Å². The van der Waals surface area contributed by atoms with Crippen LogP contribution in [0.4, 0.5) is 4.39 Å². The molecule has 1 aromatic carbocycles. The van der Waals surface area contributed by atoms with Crippen LogP contribution in [0.1, 0.15) is 37.3 Å². The van der Waals surface area contributed by atoms with Gasteiger partial charge in [0.05, 0.1) is 6.10 Å². The largest absolute Gasteiger partial charge is 0.378 e. The Bertz CT molecular complexity index is 353. The Balaban J connectivity index is 1.91. The minimum Gasteiger partial charge on any atom is -0.378 e. The van der Waals surface area contributed by atoms with E-state index in [0.717, 1.165) is 37.9 Å². The number of nitrogens with one attached hydrogen (secondary N) is 1. The molecule has 3 nitrogen and oxygen atoms in total. The van der Waals surface area contributed by atoms with Gasteiger partial charge in [-0.1, -0.05) is 12.1 Å². The average Bonchev–Trinajstić information content (AvgIpc) is 2.83. The molecule has 0 bridgehead atoms. The fraction of sp³-hybridized carbons (Fsp3) is 0.538. The minimum absolute atomic E-state index is 0.00472. The normalized spacial score (nSPS) is 21.6. The molecule has 0 spiro atoms. The Morgan fingerprint density at radius 1 is 1.53 bits per heavy atom. The first kappa shape index (κ1) is 12.5. The summed E-state index contributed by atoms with van der Waals surface area (Å²) in [6.07, 6.45) is 4.45. The van der Waals surface area contributed by atoms with Crippen molar-refractivity contribution in [3.8, 4) is 0 Å². The third-order valence-electron chi connectivity index (χ3n) is 3.25. The zero-order chi connectivity index (χ0) is 12.1. The lowest BCUT2D eigenvalue weighted by Gasteiger charge is -2.18. The number of ether oxygens (including phenoxy) is 1. The lowest BCUT2D eigenvalue weighted by Crippen LogP contribution is -2.28. The molecule has 2 atom stereocenters. The van der Waals surface area contributed by atoms with Gasteiger partial charge in [-0.3, -0.25) is 11.3 Å². The molecule has 0 aliphatic carbocycles. The van der Waals surface area contributed by atoms with E-state index in [-0.39, 0.29) is 11.9 Å². The molecule has 0 saturated carbocycles. The number of hydrazine groups is 1. The van der Waals surface area contributed by atoms with Gasteiger partial charge in [0.1, 0.15) is 5.82 Å². The second kappa shape index (κ2) is 6.10. The lowest BCUT2D eigenvalue weighted by atomic mass is 10.00. The van der Waals surface area contributed by atoms with Crippen LogP contribution < -0.4 is 11.3 Å². The summed E-state index contributed by atoms with van der Waals surface area (Å²) in [5.41, 5.74) is 3.64. The molecule has 1 aromatic rings. The SMILES string of the molecule is NNC(CCC1CCCO1)c1cccc(F)c1. The smallest absolute Gasteiger partial charge is 0.123 e. The monoisotopic (exact) mass is 238 g/mol. The van der Waals surface area contributed by atoms with Gasteiger partial charge in [-0.05, 0) is 43.4 Å². The standard InChI is InChI=1S/C13H19FN2O/c14-11-4-1-3-10(9-11)13(16-15)7-6-12-5-2-8-17-12/h1,3-4,9,12-13,16H,2,5-8,15H2. The van der Waals surface area contributed by atoms with Gasteiger partial charge < -0.3 is 4.74 Å². The van der Waals surface area contributed by atoms with E-state index in [1.165, 1.54) is 12.1 Å². The molecule has 3 N–H and O–H groups in total. The molecule has 17 heavy (non-hydrogen) atoms. The average molecular weight is 238 g/mol. The summed E-state index contributed by atoms with van der Waals surface area (Å²) in [5, 5.41) is 0. The van der Waals surface area contributed by atoms with Crippen molar-refractivity contribution >= 4 is 0 Å². The summed E-state index contributed by atoms with van der Waals surface area (Å²) < 4.78 is 18.7. The van der Waals surface area contributed by atoms with Gasteiger partial charge in [-0.2, -0.15) is 0 Å². The summed E-state index contributed by atoms with van der Waals surface area (Å²) in [6.45, 7) is 0.866. The van der Waals surface area contributed by atoms with Gasteiger partial charge in [0.15, 0.2) is 0 Å². The van der Waals surface area contributed by atoms with Gasteiger partial charge in [-0.25, -0.2) is 4.39 Å². The van der Waals surface area contributed by atoms with Crippen LogP contribution in [-0.2, 0) is 4.74 Å². The van der Waals surface area contributed by atoms with E-state index in [0.29, 0.717) is 6.10 Å². The van der Waals surface area contributed by atoms with E-state index < -0.39 is 0 Å². The highest BCUT2D eigenvalue weighted by Crippen LogP contribution is 2.23. The maximum absolute atomic E-state index is 13.1. The number of hydrogen-bond acceptors (Lipinski definition) is 3. The first-order chi connectivity index (χ1) is 8.29. The fourth-order valence-electron chi connectivity index (χ4n) is 2.29. The number of nitrogens with two attached hydrogens (primary N) is 1. The van der Waals surface area contributed by atoms with Crippen LogP contribution in [-0.4, -0.2) is 12.7 Å². The van der Waals surface area contributed by atoms with Crippen molar-refractivity contribution in [2.75, 3.05) is 6.61 Å². The molecule has 0 aromatic heterocycles. The molecular weight excluding hydrogens is 219 g/mol. The van der Waals surface area contributed by atoms with E-state index in [1.54, 1.807) is 6.07 Å². The quantitative estimate of drug-likeness (QED) is 0.611. The molecule has 94 valence electrons. The molecule has 1 aliphatic heterocycles. The second-order valence-corrected chi connectivity index (χ2v) is 4.49. The minimum atomic E-state index is -0.222. The molecule has 4 heteroatoms. The third kappa shape index (κ3) is 3.49. The van der Waals surface area contributed by atoms with Crippen LogP contribution in [0.15, 0.2) is 24.3 Å². The van der Waals surface area contributed by atoms with Crippen LogP contribution in [0.5, 0.6) is 0 Å². The maximum Gasteiger partial charge on any atom is 0.123 e. The van der Waals surface area contributed by atoms with Crippen molar-refractivity contribution in [2.45, 2.75) is 37.8 Å². The van der Waals surface area contributed by atoms with Crippen molar-refractivity contribution in [3.05, 3.63) is 35.6 Å². The predicted octanol–water partition coefficient (Wildman–Crippen LogP) is 2.29. The summed E-state index contributed by atoms with van der Waals surface area (Å²) in [7, 11) is 0. The van der Waals surface area contributed by atoms with Gasteiger partial charge in [0.25, 0.3) is 0 Å². The van der Waals surface area contributed by atoms with Crippen molar-refractivity contribution < 1.29 is 9.13 Å². The molecular formula is C13H19FN2O. The van der Waals surface area contributed by atoms with Crippen molar-refractivity contribution in [1.82, 2.24) is 5.43 Å². The van der Waals surface area contributed by atoms with Crippen LogP contribution in [0.25, 0.3) is 0 Å². The van der Waals surface area contributed by atoms with E-state index in [4.69, 9.17) is 10.6 Å². The number of rotatable bonds is 5. The molecule has 0 radical (unpaired) electrons. The molecule has 1 saturated heterocycles. The summed E-state index contributed by atoms with van der Waals surface area (Å²) >= 11 is 0. The van der Waals surface area contributed by atoms with Gasteiger partial charge in [0, 0.05) is 12.6 Å². The highest BCUT2D eigenvalue weighted by Gasteiger charge is 2.18. The molecule has 2 rings (SSSR count). The Morgan fingerprint density at radius 3 is 3.06 bits per heavy atom. The molecule has 1 fully saturated rings. The molecule has 1 aliphatic rings. The topological polar surface area (TPSA) is 47.3 Å². The predicted molar refractivity (Wildman–Crippen MR) is 64.7 cm³/mol. The molecule has 2 unspecified atom stereocenters. The first-order valence-corrected chi connectivity index (χ1v) is 6.13. The van der Waals surface area contributed by atoms with Crippen LogP contribution in [0.2, 0.25) is 0 Å². The highest BCUT2D eigenvalue weighted by atomic mass is 19.1. The summed E-state index contributed by atoms with van der Waals surface area (Å²) in [6, 6.07) is 6.57. The van der Waals surface area contributed by atoms with Crippen LogP contribution >= 0.6 is 0 Å². The van der Waals surface area contributed by atoms with Crippen LogP contribution in [0, 0.1) is 5.82 Å². The second-order valence-electron chi connectivity index (χ2n) is 4.49. The van der Waals surface area contributed by atoms with Gasteiger partial charge >= 0.3 is 0 Å². The summed E-state index contributed by atoms with van der Waals surface area (Å²) in [4.78, 5) is 0. The van der Waals surface area contributed by atoms with Crippen molar-refractivity contribution in [3.63, 3.8) is 0 Å². The Labute approximate surface area is 101 Å². The van der Waals surface area contributed by atoms with Gasteiger partial charge in [0.2, 0.25) is 0 Å². The van der Waals surface area contributed by atoms with E-state index in [9.17, 15) is 4.39 Å². The first-order valence-electron chi connectivity index (χ1n) is 6.13. The number of benzene rings is 1. The van der Waals surface area contributed by atoms with E-state index in [2.05, 4.69) is 5.43 Å². The van der Waals surface area contributed by atoms with E-state index in [1.807, 2.05) is 6.07 Å². The van der Waals surface area contributed by atoms with E-state index >= 15 is 0 Å². The lowest BCUT2D eigenvalue weighted by molar-refractivity contribution is 0.0996. The Morgan fingerprint density at radius 2 is 2.41 bits per heavy atom. The summed E-state index contributed by atoms with van der Waals surface area (Å²) in [5.74, 6) is 5.30. The highest BCUT2D eigenvalue weighted by molar-refractivity contribution is 5.19. The number of hydrogen-bond donors (Lipinski definition) is 2. The molecule has 1 heterocycles. The zero-order valence-electron chi connectivity index (χ0n) is 9.86.